The number of non-ortho nitro benzene ring substituents is 1. The summed E-state index contributed by atoms with van der Waals surface area (Å²) in [5, 5.41) is 30.7. The van der Waals surface area contributed by atoms with Gasteiger partial charge in [0.1, 0.15) is 16.1 Å². The van der Waals surface area contributed by atoms with Crippen LogP contribution < -0.4 is 5.32 Å². The maximum Gasteiger partial charge on any atom is 0.418 e. The highest BCUT2D eigenvalue weighted by atomic mass is 32.2. The maximum absolute atomic E-state index is 13.2. The van der Waals surface area contributed by atoms with Crippen molar-refractivity contribution in [2.45, 2.75) is 13.1 Å². The molecule has 0 radical (unpaired) electrons. The number of anilines is 1. The number of nitro benzene ring substituents is 1. The van der Waals surface area contributed by atoms with Gasteiger partial charge in [-0.1, -0.05) is 11.3 Å². The lowest BCUT2D eigenvalue weighted by Gasteiger charge is -2.08. The largest absolute Gasteiger partial charge is 0.418 e. The highest BCUT2D eigenvalue weighted by Crippen LogP contribution is 2.42. The molecule has 0 bridgehead atoms. The van der Waals surface area contributed by atoms with Gasteiger partial charge in [-0.3, -0.25) is 14.3 Å². The molecule has 1 aromatic heterocycles. The molecular weight excluding hydrogens is 463 g/mol. The fourth-order valence-electron chi connectivity index (χ4n) is 2.26. The van der Waals surface area contributed by atoms with Crippen LogP contribution in [0.1, 0.15) is 16.7 Å². The molecule has 1 N–H and O–H groups in total. The van der Waals surface area contributed by atoms with Gasteiger partial charge in [-0.05, 0) is 13.0 Å². The Hall–Kier alpha value is -3.09. The highest BCUT2D eigenvalue weighted by molar-refractivity contribution is 7.85. The molecule has 166 valence electrons. The molecule has 2 rings (SSSR count). The van der Waals surface area contributed by atoms with Crippen LogP contribution >= 0.6 is 11.3 Å². The Morgan fingerprint density at radius 2 is 2.03 bits per heavy atom. The molecule has 1 aromatic carbocycles. The van der Waals surface area contributed by atoms with Gasteiger partial charge < -0.3 is 5.32 Å². The SMILES string of the molecule is Cc1c(N=Nc2ccc([N+](=O)[O-])cc2C(F)(F)F)sc(NCCOS(C)(=O)=O)c1C#N. The minimum Gasteiger partial charge on any atom is -0.373 e. The molecule has 0 aliphatic carbocycles. The second-order valence-electron chi connectivity index (χ2n) is 5.96. The fraction of sp³-hybridized carbons (Fsp3) is 0.312. The van der Waals surface area contributed by atoms with Crippen LogP contribution in [0.3, 0.4) is 0 Å². The van der Waals surface area contributed by atoms with Gasteiger partial charge in [0.2, 0.25) is 0 Å². The number of rotatable bonds is 8. The van der Waals surface area contributed by atoms with E-state index in [4.69, 9.17) is 0 Å². The molecule has 1 heterocycles. The molecule has 10 nitrogen and oxygen atoms in total. The summed E-state index contributed by atoms with van der Waals surface area (Å²) in [5.74, 6) is 0. The van der Waals surface area contributed by atoms with Crippen LogP contribution in [0, 0.1) is 28.4 Å². The summed E-state index contributed by atoms with van der Waals surface area (Å²) in [6, 6.07) is 4.00. The summed E-state index contributed by atoms with van der Waals surface area (Å²) in [4.78, 5) is 9.80. The molecule has 0 saturated carbocycles. The third-order valence-electron chi connectivity index (χ3n) is 3.66. The number of thiophene rings is 1. The standard InChI is InChI=1S/C16H14F3N5O5S2/c1-9-11(8-20)15(21-5-6-29-31(2,27)28)30-14(9)23-22-13-4-3-10(24(25)26)7-12(13)16(17,18)19/h3-4,7,21H,5-6H2,1-2H3. The molecule has 0 amide bonds. The summed E-state index contributed by atoms with van der Waals surface area (Å²) in [6.07, 6.45) is -4.01. The monoisotopic (exact) mass is 477 g/mol. The molecule has 31 heavy (non-hydrogen) atoms. The van der Waals surface area contributed by atoms with Gasteiger partial charge in [0.05, 0.1) is 34.6 Å². The Labute approximate surface area is 178 Å². The van der Waals surface area contributed by atoms with Gasteiger partial charge in [0, 0.05) is 24.2 Å². The zero-order valence-corrected chi connectivity index (χ0v) is 17.6. The summed E-state index contributed by atoms with van der Waals surface area (Å²) >= 11 is 0.921. The van der Waals surface area contributed by atoms with Crippen LogP contribution in [0.5, 0.6) is 0 Å². The Balaban J connectivity index is 2.32. The van der Waals surface area contributed by atoms with Crippen molar-refractivity contribution >= 4 is 42.8 Å². The van der Waals surface area contributed by atoms with Gasteiger partial charge in [-0.25, -0.2) is 0 Å². The number of alkyl halides is 3. The third kappa shape index (κ3) is 6.44. The van der Waals surface area contributed by atoms with E-state index in [1.54, 1.807) is 0 Å². The first kappa shape index (κ1) is 24.2. The number of benzene rings is 1. The van der Waals surface area contributed by atoms with E-state index in [2.05, 4.69) is 19.7 Å². The van der Waals surface area contributed by atoms with E-state index in [9.17, 15) is 37.0 Å². The molecule has 0 aliphatic heterocycles. The van der Waals surface area contributed by atoms with Crippen molar-refractivity contribution in [3.63, 3.8) is 0 Å². The normalized spacial score (nSPS) is 12.1. The molecule has 0 aliphatic rings. The van der Waals surface area contributed by atoms with Gasteiger partial charge in [0.25, 0.3) is 15.8 Å². The van der Waals surface area contributed by atoms with Crippen molar-refractivity contribution in [3.05, 3.63) is 45.0 Å². The third-order valence-corrected chi connectivity index (χ3v) is 5.39. The first-order chi connectivity index (χ1) is 14.3. The molecule has 0 saturated heterocycles. The number of nitrogens with zero attached hydrogens (tertiary/aromatic N) is 4. The lowest BCUT2D eigenvalue weighted by Crippen LogP contribution is -2.12. The van der Waals surface area contributed by atoms with Crippen molar-refractivity contribution in [1.29, 1.82) is 5.26 Å². The van der Waals surface area contributed by atoms with Gasteiger partial charge in [-0.2, -0.15) is 26.9 Å². The number of azo groups is 1. The fourth-order valence-corrected chi connectivity index (χ4v) is 3.66. The second kappa shape index (κ2) is 9.37. The first-order valence-corrected chi connectivity index (χ1v) is 10.9. The Bertz CT molecular complexity index is 1170. The van der Waals surface area contributed by atoms with E-state index < -0.39 is 38.2 Å². The average molecular weight is 477 g/mol. The summed E-state index contributed by atoms with van der Waals surface area (Å²) < 4.78 is 66.2. The smallest absolute Gasteiger partial charge is 0.373 e. The number of hydrogen-bond donors (Lipinski definition) is 1. The molecule has 0 atom stereocenters. The minimum atomic E-state index is -4.89. The van der Waals surface area contributed by atoms with Crippen molar-refractivity contribution < 1.29 is 30.7 Å². The molecule has 15 heteroatoms. The number of nitro groups is 1. The van der Waals surface area contributed by atoms with Crippen molar-refractivity contribution in [2.24, 2.45) is 10.2 Å². The predicted molar refractivity (Wildman–Crippen MR) is 105 cm³/mol. The predicted octanol–water partition coefficient (Wildman–Crippen LogP) is 4.66. The molecule has 2 aromatic rings. The van der Waals surface area contributed by atoms with Crippen LogP contribution in [-0.2, 0) is 20.5 Å². The summed E-state index contributed by atoms with van der Waals surface area (Å²) in [5.41, 5.74) is -2.18. The quantitative estimate of drug-likeness (QED) is 0.191. The van der Waals surface area contributed by atoms with Gasteiger partial charge in [0.15, 0.2) is 0 Å². The van der Waals surface area contributed by atoms with Crippen molar-refractivity contribution in [1.82, 2.24) is 0 Å². The van der Waals surface area contributed by atoms with Crippen molar-refractivity contribution in [2.75, 3.05) is 24.7 Å². The van der Waals surface area contributed by atoms with Crippen LogP contribution in [0.15, 0.2) is 28.4 Å². The van der Waals surface area contributed by atoms with Crippen LogP contribution in [0.25, 0.3) is 0 Å². The van der Waals surface area contributed by atoms with Crippen LogP contribution in [0.2, 0.25) is 0 Å². The number of halogens is 3. The molecule has 0 unspecified atom stereocenters. The molecular formula is C16H14F3N5O5S2. The average Bonchev–Trinajstić information content (AvgIpc) is 2.96. The van der Waals surface area contributed by atoms with E-state index in [0.717, 1.165) is 29.7 Å². The zero-order chi connectivity index (χ0) is 23.4. The minimum absolute atomic E-state index is 0.0405. The van der Waals surface area contributed by atoms with Crippen LogP contribution in [-0.4, -0.2) is 32.7 Å². The summed E-state index contributed by atoms with van der Waals surface area (Å²) in [7, 11) is -3.63. The summed E-state index contributed by atoms with van der Waals surface area (Å²) in [6.45, 7) is 1.36. The highest BCUT2D eigenvalue weighted by Gasteiger charge is 2.35. The van der Waals surface area contributed by atoms with Gasteiger partial charge in [-0.15, -0.1) is 10.2 Å². The Morgan fingerprint density at radius 1 is 1.35 bits per heavy atom. The van der Waals surface area contributed by atoms with E-state index in [-0.39, 0.29) is 23.7 Å². The maximum atomic E-state index is 13.2. The molecule has 0 fully saturated rings. The van der Waals surface area contributed by atoms with E-state index >= 15 is 0 Å². The number of nitriles is 1. The first-order valence-electron chi connectivity index (χ1n) is 8.22. The lowest BCUT2D eigenvalue weighted by molar-refractivity contribution is -0.385. The second-order valence-corrected chi connectivity index (χ2v) is 8.60. The topological polar surface area (TPSA) is 147 Å². The van der Waals surface area contributed by atoms with E-state index in [1.165, 1.54) is 6.92 Å². The van der Waals surface area contributed by atoms with Gasteiger partial charge >= 0.3 is 6.18 Å². The van der Waals surface area contributed by atoms with E-state index in [1.807, 2.05) is 6.07 Å². The van der Waals surface area contributed by atoms with Crippen LogP contribution in [0.4, 0.5) is 34.5 Å². The molecule has 0 spiro atoms. The lowest BCUT2D eigenvalue weighted by atomic mass is 10.1. The Kier molecular flexibility index (Phi) is 7.31. The van der Waals surface area contributed by atoms with Crippen molar-refractivity contribution in [3.8, 4) is 6.07 Å². The van der Waals surface area contributed by atoms with E-state index in [0.29, 0.717) is 16.6 Å². The zero-order valence-electron chi connectivity index (χ0n) is 15.9. The Morgan fingerprint density at radius 3 is 2.58 bits per heavy atom. The number of nitrogens with one attached hydrogen (secondary N) is 1. The number of hydrogen-bond acceptors (Lipinski definition) is 10.